The monoisotopic (exact) mass is 259 g/mol. The predicted octanol–water partition coefficient (Wildman–Crippen LogP) is 2.90. The maximum Gasteiger partial charge on any atom is 0.330 e. The molecule has 0 spiro atoms. The van der Waals surface area contributed by atoms with E-state index in [1.54, 1.807) is 0 Å². The lowest BCUT2D eigenvalue weighted by molar-refractivity contribution is -0.138. The Hall–Kier alpha value is -1.61. The van der Waals surface area contributed by atoms with Crippen LogP contribution < -0.4 is 0 Å². The van der Waals surface area contributed by atoms with Crippen molar-refractivity contribution < 1.29 is 9.53 Å². The van der Waals surface area contributed by atoms with Gasteiger partial charge >= 0.3 is 5.97 Å². The van der Waals surface area contributed by atoms with Gasteiger partial charge < -0.3 is 4.74 Å². The van der Waals surface area contributed by atoms with Gasteiger partial charge in [-0.25, -0.2) is 4.79 Å². The Bertz CT molecular complexity index is 436. The largest absolute Gasteiger partial charge is 0.458 e. The summed E-state index contributed by atoms with van der Waals surface area (Å²) in [5.41, 5.74) is 2.32. The molecule has 0 radical (unpaired) electrons. The van der Waals surface area contributed by atoms with Gasteiger partial charge in [0.05, 0.1) is 0 Å². The van der Waals surface area contributed by atoms with Crippen molar-refractivity contribution in [1.82, 2.24) is 4.90 Å². The summed E-state index contributed by atoms with van der Waals surface area (Å²) in [7, 11) is 0. The Balaban J connectivity index is 1.90. The smallest absolute Gasteiger partial charge is 0.330 e. The average Bonchev–Trinajstić information content (AvgIpc) is 2.46. The molecule has 1 heterocycles. The summed E-state index contributed by atoms with van der Waals surface area (Å²) < 4.78 is 5.05. The SMILES string of the molecule is C=CC(=O)OCc1cccc(CN2CCCCC2)c1. The van der Waals surface area contributed by atoms with Crippen molar-refractivity contribution in [3.63, 3.8) is 0 Å². The second-order valence-corrected chi connectivity index (χ2v) is 4.97. The van der Waals surface area contributed by atoms with Gasteiger partial charge in [-0.3, -0.25) is 4.90 Å². The Morgan fingerprint density at radius 2 is 2.00 bits per heavy atom. The third-order valence-corrected chi connectivity index (χ3v) is 3.39. The highest BCUT2D eigenvalue weighted by Gasteiger charge is 2.10. The van der Waals surface area contributed by atoms with Gasteiger partial charge in [-0.1, -0.05) is 37.3 Å². The molecule has 0 aliphatic carbocycles. The molecule has 0 atom stereocenters. The van der Waals surface area contributed by atoms with Crippen LogP contribution in [0.4, 0.5) is 0 Å². The number of hydrogen-bond donors (Lipinski definition) is 0. The van der Waals surface area contributed by atoms with Crippen LogP contribution in [0.25, 0.3) is 0 Å². The molecule has 0 aromatic heterocycles. The third-order valence-electron chi connectivity index (χ3n) is 3.39. The molecule has 102 valence electrons. The molecule has 3 nitrogen and oxygen atoms in total. The Kier molecular flexibility index (Phi) is 5.16. The molecular formula is C16H21NO2. The van der Waals surface area contributed by atoms with Crippen LogP contribution in [-0.2, 0) is 22.7 Å². The Morgan fingerprint density at radius 3 is 2.74 bits per heavy atom. The fourth-order valence-corrected chi connectivity index (χ4v) is 2.41. The maximum atomic E-state index is 11.0. The van der Waals surface area contributed by atoms with E-state index in [1.165, 1.54) is 44.0 Å². The van der Waals surface area contributed by atoms with Crippen LogP contribution in [0.1, 0.15) is 30.4 Å². The standard InChI is InChI=1S/C16H21NO2/c1-2-16(18)19-13-15-8-6-7-14(11-15)12-17-9-4-3-5-10-17/h2,6-8,11H,1,3-5,9-10,12-13H2. The number of hydrogen-bond acceptors (Lipinski definition) is 3. The second-order valence-electron chi connectivity index (χ2n) is 4.97. The molecule has 1 aliphatic rings. The zero-order valence-corrected chi connectivity index (χ0v) is 11.3. The maximum absolute atomic E-state index is 11.0. The lowest BCUT2D eigenvalue weighted by Gasteiger charge is -2.26. The predicted molar refractivity (Wildman–Crippen MR) is 75.6 cm³/mol. The van der Waals surface area contributed by atoms with E-state index in [-0.39, 0.29) is 5.97 Å². The van der Waals surface area contributed by atoms with Gasteiger partial charge in [-0.05, 0) is 37.1 Å². The first-order valence-corrected chi connectivity index (χ1v) is 6.87. The van der Waals surface area contributed by atoms with E-state index in [2.05, 4.69) is 23.6 Å². The third kappa shape index (κ3) is 4.52. The van der Waals surface area contributed by atoms with Crippen LogP contribution in [0.3, 0.4) is 0 Å². The lowest BCUT2D eigenvalue weighted by Crippen LogP contribution is -2.29. The minimum absolute atomic E-state index is 0.318. The molecule has 1 aromatic rings. The van der Waals surface area contributed by atoms with Crippen LogP contribution in [-0.4, -0.2) is 24.0 Å². The number of carbonyl (C=O) groups excluding carboxylic acids is 1. The first-order valence-electron chi connectivity index (χ1n) is 6.87. The number of benzene rings is 1. The van der Waals surface area contributed by atoms with Crippen molar-refractivity contribution in [2.75, 3.05) is 13.1 Å². The van der Waals surface area contributed by atoms with Gasteiger partial charge in [0.15, 0.2) is 0 Å². The number of piperidine rings is 1. The Labute approximate surface area is 114 Å². The van der Waals surface area contributed by atoms with Crippen molar-refractivity contribution in [2.24, 2.45) is 0 Å². The second kappa shape index (κ2) is 7.10. The summed E-state index contributed by atoms with van der Waals surface area (Å²) in [5, 5.41) is 0. The first-order chi connectivity index (χ1) is 9.28. The molecule has 1 saturated heterocycles. The van der Waals surface area contributed by atoms with Crippen molar-refractivity contribution in [3.05, 3.63) is 48.0 Å². The number of likely N-dealkylation sites (tertiary alicyclic amines) is 1. The van der Waals surface area contributed by atoms with E-state index in [9.17, 15) is 4.79 Å². The van der Waals surface area contributed by atoms with Crippen LogP contribution in [0.2, 0.25) is 0 Å². The van der Waals surface area contributed by atoms with Gasteiger partial charge in [-0.2, -0.15) is 0 Å². The molecule has 1 fully saturated rings. The summed E-state index contributed by atoms with van der Waals surface area (Å²) in [6.07, 6.45) is 5.15. The van der Waals surface area contributed by atoms with Gasteiger partial charge in [0, 0.05) is 12.6 Å². The lowest BCUT2D eigenvalue weighted by atomic mass is 10.1. The van der Waals surface area contributed by atoms with Crippen molar-refractivity contribution >= 4 is 5.97 Å². The van der Waals surface area contributed by atoms with Gasteiger partial charge in [0.2, 0.25) is 0 Å². The Morgan fingerprint density at radius 1 is 1.26 bits per heavy atom. The zero-order chi connectivity index (χ0) is 13.5. The summed E-state index contributed by atoms with van der Waals surface area (Å²) in [6, 6.07) is 8.25. The number of ether oxygens (including phenoxy) is 1. The van der Waals surface area contributed by atoms with Gasteiger partial charge in [0.25, 0.3) is 0 Å². The molecule has 0 amide bonds. The van der Waals surface area contributed by atoms with Crippen LogP contribution in [0, 0.1) is 0 Å². The summed E-state index contributed by atoms with van der Waals surface area (Å²) >= 11 is 0. The summed E-state index contributed by atoms with van der Waals surface area (Å²) in [6.45, 7) is 7.07. The molecule has 1 aromatic carbocycles. The molecule has 0 unspecified atom stereocenters. The van der Waals surface area contributed by atoms with Crippen molar-refractivity contribution in [2.45, 2.75) is 32.4 Å². The van der Waals surface area contributed by atoms with Crippen LogP contribution in [0.5, 0.6) is 0 Å². The fraction of sp³-hybridized carbons (Fsp3) is 0.438. The average molecular weight is 259 g/mol. The summed E-state index contributed by atoms with van der Waals surface area (Å²) in [4.78, 5) is 13.5. The van der Waals surface area contributed by atoms with E-state index in [0.717, 1.165) is 12.1 Å². The minimum Gasteiger partial charge on any atom is -0.458 e. The van der Waals surface area contributed by atoms with Gasteiger partial charge in [0.1, 0.15) is 6.61 Å². The number of nitrogens with zero attached hydrogens (tertiary/aromatic N) is 1. The highest BCUT2D eigenvalue weighted by molar-refractivity contribution is 5.81. The highest BCUT2D eigenvalue weighted by Crippen LogP contribution is 2.14. The van der Waals surface area contributed by atoms with Crippen molar-refractivity contribution in [3.8, 4) is 0 Å². The molecular weight excluding hydrogens is 238 g/mol. The topological polar surface area (TPSA) is 29.5 Å². The van der Waals surface area contributed by atoms with Gasteiger partial charge in [-0.15, -0.1) is 0 Å². The fourth-order valence-electron chi connectivity index (χ4n) is 2.41. The molecule has 19 heavy (non-hydrogen) atoms. The summed E-state index contributed by atoms with van der Waals surface area (Å²) in [5.74, 6) is -0.374. The van der Waals surface area contributed by atoms with Crippen molar-refractivity contribution in [1.29, 1.82) is 0 Å². The number of esters is 1. The number of rotatable bonds is 5. The molecule has 0 N–H and O–H groups in total. The van der Waals surface area contributed by atoms with E-state index in [1.807, 2.05) is 12.1 Å². The molecule has 2 rings (SSSR count). The van der Waals surface area contributed by atoms with E-state index in [0.29, 0.717) is 6.61 Å². The molecule has 1 aliphatic heterocycles. The van der Waals surface area contributed by atoms with Crippen LogP contribution in [0.15, 0.2) is 36.9 Å². The van der Waals surface area contributed by atoms with E-state index in [4.69, 9.17) is 4.74 Å². The minimum atomic E-state index is -0.374. The van der Waals surface area contributed by atoms with E-state index >= 15 is 0 Å². The molecule has 0 bridgehead atoms. The first kappa shape index (κ1) is 13.8. The van der Waals surface area contributed by atoms with E-state index < -0.39 is 0 Å². The quantitative estimate of drug-likeness (QED) is 0.601. The highest BCUT2D eigenvalue weighted by atomic mass is 16.5. The normalized spacial score (nSPS) is 16.0. The van der Waals surface area contributed by atoms with Crippen LogP contribution >= 0.6 is 0 Å². The molecule has 0 saturated carbocycles. The number of carbonyl (C=O) groups is 1. The zero-order valence-electron chi connectivity index (χ0n) is 11.3. The molecule has 3 heteroatoms.